The molecule has 1 aliphatic heterocycles. The van der Waals surface area contributed by atoms with Crippen LogP contribution in [-0.4, -0.2) is 51.3 Å². The highest BCUT2D eigenvalue weighted by Gasteiger charge is 2.23. The number of carboxylic acids is 1. The van der Waals surface area contributed by atoms with Crippen molar-refractivity contribution in [1.82, 2.24) is 20.0 Å². The maximum Gasteiger partial charge on any atom is 0.303 e. The van der Waals surface area contributed by atoms with Crippen LogP contribution < -0.4 is 5.32 Å². The van der Waals surface area contributed by atoms with Crippen molar-refractivity contribution in [2.24, 2.45) is 0 Å². The topological polar surface area (TPSA) is 87.5 Å². The maximum atomic E-state index is 12.3. The average Bonchev–Trinajstić information content (AvgIpc) is 2.74. The van der Waals surface area contributed by atoms with Crippen LogP contribution in [-0.2, 0) is 29.1 Å². The summed E-state index contributed by atoms with van der Waals surface area (Å²) >= 11 is 0. The van der Waals surface area contributed by atoms with Gasteiger partial charge >= 0.3 is 5.97 Å². The molecule has 7 heteroatoms. The quantitative estimate of drug-likeness (QED) is 0.812. The van der Waals surface area contributed by atoms with Crippen molar-refractivity contribution >= 4 is 11.9 Å². The van der Waals surface area contributed by atoms with Crippen molar-refractivity contribution in [2.45, 2.75) is 45.3 Å². The second kappa shape index (κ2) is 6.71. The van der Waals surface area contributed by atoms with Crippen LogP contribution in [0.25, 0.3) is 0 Å². The van der Waals surface area contributed by atoms with E-state index in [0.717, 1.165) is 30.9 Å². The zero-order valence-corrected chi connectivity index (χ0v) is 12.5. The summed E-state index contributed by atoms with van der Waals surface area (Å²) in [5.74, 6) is -0.739. The summed E-state index contributed by atoms with van der Waals surface area (Å²) in [6.45, 7) is 3.87. The molecule has 21 heavy (non-hydrogen) atoms. The fourth-order valence-electron chi connectivity index (χ4n) is 2.46. The van der Waals surface area contributed by atoms with E-state index >= 15 is 0 Å². The Labute approximate surface area is 123 Å². The number of likely N-dealkylation sites (N-methyl/N-ethyl adjacent to an activating group) is 1. The molecule has 1 amide bonds. The number of carbonyl (C=O) groups excluding carboxylic acids is 1. The highest BCUT2D eigenvalue weighted by molar-refractivity contribution is 5.81. The molecule has 0 unspecified atom stereocenters. The van der Waals surface area contributed by atoms with Crippen molar-refractivity contribution in [3.8, 4) is 0 Å². The van der Waals surface area contributed by atoms with Gasteiger partial charge < -0.3 is 15.3 Å². The van der Waals surface area contributed by atoms with Gasteiger partial charge in [-0.3, -0.25) is 14.3 Å². The van der Waals surface area contributed by atoms with Gasteiger partial charge in [-0.1, -0.05) is 0 Å². The van der Waals surface area contributed by atoms with E-state index in [9.17, 15) is 9.59 Å². The first kappa shape index (κ1) is 15.5. The summed E-state index contributed by atoms with van der Waals surface area (Å²) in [5.41, 5.74) is 1.76. The highest BCUT2D eigenvalue weighted by atomic mass is 16.4. The van der Waals surface area contributed by atoms with Crippen molar-refractivity contribution in [3.05, 3.63) is 17.5 Å². The minimum Gasteiger partial charge on any atom is -0.481 e. The van der Waals surface area contributed by atoms with Crippen LogP contribution in [0.2, 0.25) is 0 Å². The van der Waals surface area contributed by atoms with Gasteiger partial charge in [-0.25, -0.2) is 0 Å². The molecule has 2 rings (SSSR count). The monoisotopic (exact) mass is 294 g/mol. The van der Waals surface area contributed by atoms with Crippen molar-refractivity contribution in [1.29, 1.82) is 0 Å². The van der Waals surface area contributed by atoms with Crippen LogP contribution in [0.4, 0.5) is 0 Å². The van der Waals surface area contributed by atoms with Crippen LogP contribution in [0.15, 0.2) is 6.07 Å². The molecule has 2 N–H and O–H groups in total. The smallest absolute Gasteiger partial charge is 0.303 e. The van der Waals surface area contributed by atoms with Gasteiger partial charge in [0.15, 0.2) is 0 Å². The lowest BCUT2D eigenvalue weighted by Gasteiger charge is -2.23. The van der Waals surface area contributed by atoms with E-state index in [4.69, 9.17) is 5.11 Å². The molecule has 0 saturated heterocycles. The van der Waals surface area contributed by atoms with E-state index < -0.39 is 5.97 Å². The molecule has 1 aliphatic rings. The van der Waals surface area contributed by atoms with Gasteiger partial charge in [0, 0.05) is 19.5 Å². The number of carboxylic acid groups (broad SMARTS) is 1. The fourth-order valence-corrected chi connectivity index (χ4v) is 2.46. The Hall–Kier alpha value is -1.89. The molecule has 0 bridgehead atoms. The van der Waals surface area contributed by atoms with Gasteiger partial charge in [0.2, 0.25) is 5.91 Å². The average molecular weight is 294 g/mol. The minimum atomic E-state index is -0.821. The minimum absolute atomic E-state index is 0.0793. The lowest BCUT2D eigenvalue weighted by molar-refractivity contribution is -0.137. The predicted octanol–water partition coefficient (Wildman–Crippen LogP) is 0.241. The number of fused-ring (bicyclic) bond motifs is 1. The molecular formula is C14H22N4O3. The first-order valence-electron chi connectivity index (χ1n) is 7.24. The number of nitrogens with zero attached hydrogens (tertiary/aromatic N) is 3. The third-order valence-electron chi connectivity index (χ3n) is 3.77. The summed E-state index contributed by atoms with van der Waals surface area (Å²) in [7, 11) is 1.77. The first-order chi connectivity index (χ1) is 10.0. The van der Waals surface area contributed by atoms with Crippen LogP contribution in [0, 0.1) is 0 Å². The zero-order valence-electron chi connectivity index (χ0n) is 12.5. The maximum absolute atomic E-state index is 12.3. The number of aliphatic carboxylic acids is 1. The van der Waals surface area contributed by atoms with E-state index in [2.05, 4.69) is 10.4 Å². The molecule has 1 aromatic heterocycles. The van der Waals surface area contributed by atoms with Crippen molar-refractivity contribution < 1.29 is 14.7 Å². The molecular weight excluding hydrogens is 272 g/mol. The zero-order chi connectivity index (χ0) is 15.4. The van der Waals surface area contributed by atoms with Gasteiger partial charge in [0.1, 0.15) is 0 Å². The number of amides is 1. The number of rotatable bonds is 5. The van der Waals surface area contributed by atoms with Crippen LogP contribution >= 0.6 is 0 Å². The summed E-state index contributed by atoms with van der Waals surface area (Å²) in [6.07, 6.45) is 1.36. The molecule has 116 valence electrons. The summed E-state index contributed by atoms with van der Waals surface area (Å²) in [4.78, 5) is 24.7. The second-order valence-corrected chi connectivity index (χ2v) is 5.37. The van der Waals surface area contributed by atoms with Crippen molar-refractivity contribution in [3.63, 3.8) is 0 Å². The largest absolute Gasteiger partial charge is 0.481 e. The Morgan fingerprint density at radius 1 is 1.48 bits per heavy atom. The van der Waals surface area contributed by atoms with Gasteiger partial charge in [-0.05, 0) is 26.5 Å². The molecule has 0 radical (unpaired) electrons. The summed E-state index contributed by atoms with van der Waals surface area (Å²) < 4.78 is 1.90. The highest BCUT2D eigenvalue weighted by Crippen LogP contribution is 2.15. The number of nitrogens with one attached hydrogen (secondary N) is 1. The Morgan fingerprint density at radius 2 is 2.24 bits per heavy atom. The van der Waals surface area contributed by atoms with Crippen LogP contribution in [0.5, 0.6) is 0 Å². The number of aryl methyl sites for hydroxylation is 2. The second-order valence-electron chi connectivity index (χ2n) is 5.37. The molecule has 0 spiro atoms. The normalized spacial score (nSPS) is 16.2. The fraction of sp³-hybridized carbons (Fsp3) is 0.643. The lowest BCUT2D eigenvalue weighted by Crippen LogP contribution is -2.43. The van der Waals surface area contributed by atoms with E-state index in [1.54, 1.807) is 7.05 Å². The molecule has 1 aromatic rings. The Balaban J connectivity index is 2.08. The van der Waals surface area contributed by atoms with Crippen molar-refractivity contribution in [2.75, 3.05) is 13.6 Å². The van der Waals surface area contributed by atoms with E-state index in [0.29, 0.717) is 13.0 Å². The predicted molar refractivity (Wildman–Crippen MR) is 76.7 cm³/mol. The van der Waals surface area contributed by atoms with Gasteiger partial charge in [0.25, 0.3) is 0 Å². The third kappa shape index (κ3) is 3.81. The standard InChI is InChI=1S/C14H22N4O3/c1-10(15-2)14(21)17-6-3-7-18-12(9-17)8-11(16-18)4-5-13(19)20/h8,10,15H,3-7,9H2,1-2H3,(H,19,20)/t10-/m0/s1. The van der Waals surface area contributed by atoms with Crippen LogP contribution in [0.1, 0.15) is 31.2 Å². The number of hydrogen-bond acceptors (Lipinski definition) is 4. The first-order valence-corrected chi connectivity index (χ1v) is 7.24. The van der Waals surface area contributed by atoms with Gasteiger partial charge in [0.05, 0.1) is 30.4 Å². The molecule has 0 aliphatic carbocycles. The Kier molecular flexibility index (Phi) is 4.95. The molecule has 1 atom stereocenters. The summed E-state index contributed by atoms with van der Waals surface area (Å²) in [6, 6.07) is 1.71. The summed E-state index contributed by atoms with van der Waals surface area (Å²) in [5, 5.41) is 16.1. The molecule has 7 nitrogen and oxygen atoms in total. The molecule has 2 heterocycles. The molecule has 0 saturated carbocycles. The Bertz CT molecular complexity index is 526. The number of aromatic nitrogens is 2. The number of hydrogen-bond donors (Lipinski definition) is 2. The molecule has 0 fully saturated rings. The molecule has 0 aromatic carbocycles. The number of carbonyl (C=O) groups is 2. The van der Waals surface area contributed by atoms with E-state index in [-0.39, 0.29) is 18.4 Å². The lowest BCUT2D eigenvalue weighted by atomic mass is 10.2. The van der Waals surface area contributed by atoms with Gasteiger partial charge in [-0.2, -0.15) is 5.10 Å². The van der Waals surface area contributed by atoms with E-state index in [1.165, 1.54) is 0 Å². The van der Waals surface area contributed by atoms with Gasteiger partial charge in [-0.15, -0.1) is 0 Å². The SMILES string of the molecule is CN[C@@H](C)C(=O)N1CCCn2nc(CCC(=O)O)cc2C1. The third-order valence-corrected chi connectivity index (χ3v) is 3.77. The van der Waals surface area contributed by atoms with Crippen LogP contribution in [0.3, 0.4) is 0 Å². The Morgan fingerprint density at radius 3 is 2.90 bits per heavy atom. The van der Waals surface area contributed by atoms with E-state index in [1.807, 2.05) is 22.6 Å².